The van der Waals surface area contributed by atoms with Gasteiger partial charge in [-0.2, -0.15) is 6.42 Å². The predicted molar refractivity (Wildman–Crippen MR) is 46.6 cm³/mol. The topological polar surface area (TPSA) is 39.8 Å². The van der Waals surface area contributed by atoms with Crippen LogP contribution in [-0.4, -0.2) is 0 Å². The fourth-order valence-electron chi connectivity index (χ4n) is 0.884. The van der Waals surface area contributed by atoms with Crippen LogP contribution >= 0.6 is 0 Å². The van der Waals surface area contributed by atoms with Crippen molar-refractivity contribution in [2.24, 2.45) is 0 Å². The molecule has 1 aliphatic carbocycles. The van der Waals surface area contributed by atoms with Crippen molar-refractivity contribution in [3.8, 4) is 0 Å². The van der Waals surface area contributed by atoms with Crippen molar-refractivity contribution in [1.29, 1.82) is 0 Å². The summed E-state index contributed by atoms with van der Waals surface area (Å²) in [7, 11) is 0. The van der Waals surface area contributed by atoms with Gasteiger partial charge in [0.1, 0.15) is 0 Å². The molecule has 0 radical (unpaired) electrons. The quantitative estimate of drug-likeness (QED) is 0.345. The normalized spacial score (nSPS) is 10.9. The van der Waals surface area contributed by atoms with Gasteiger partial charge in [-0.1, -0.05) is 39.0 Å². The minimum Gasteiger partial charge on any atom is -0.344 e. The Bertz CT molecular complexity index is 71.8. The summed E-state index contributed by atoms with van der Waals surface area (Å²) in [5, 5.41) is 0. The molecule has 0 bridgehead atoms. The summed E-state index contributed by atoms with van der Waals surface area (Å²) in [6.07, 6.45) is 8.50. The van der Waals surface area contributed by atoms with E-state index in [9.17, 15) is 0 Å². The molecule has 0 N–H and O–H groups in total. The van der Waals surface area contributed by atoms with Crippen molar-refractivity contribution >= 4 is 0 Å². The Balaban J connectivity index is -0.0000000453. The second kappa shape index (κ2) is 40.3. The first-order valence-corrected chi connectivity index (χ1v) is 4.12. The Morgan fingerprint density at radius 3 is 1.08 bits per heavy atom. The first-order chi connectivity index (χ1) is 5.91. The molecule has 3 heteroatoms. The van der Waals surface area contributed by atoms with Crippen molar-refractivity contribution in [3.05, 3.63) is 20.2 Å². The minimum absolute atomic E-state index is 0. The molecule has 78 valence electrons. The SMILES string of the molecule is C1CCCC1.[C-]#[O+].[C-]#[O+].[CH2-]CC.[Fe]. The fourth-order valence-corrected chi connectivity index (χ4v) is 0.884. The molecular weight excluding hydrogens is 208 g/mol. The smallest absolute Gasteiger partial charge is 0 e. The van der Waals surface area contributed by atoms with Gasteiger partial charge in [0, 0.05) is 17.1 Å². The zero-order valence-electron chi connectivity index (χ0n) is 8.12. The summed E-state index contributed by atoms with van der Waals surface area (Å²) >= 11 is 0. The van der Waals surface area contributed by atoms with Gasteiger partial charge in [0.15, 0.2) is 0 Å². The Kier molecular flexibility index (Phi) is 71.7. The molecule has 0 aliphatic heterocycles. The van der Waals surface area contributed by atoms with Gasteiger partial charge in [-0.25, -0.2) is 0 Å². The first-order valence-electron chi connectivity index (χ1n) is 4.12. The second-order valence-corrected chi connectivity index (χ2v) is 2.27. The molecule has 0 saturated heterocycles. The van der Waals surface area contributed by atoms with E-state index in [1.165, 1.54) is 32.1 Å². The maximum Gasteiger partial charge on any atom is 0 e. The summed E-state index contributed by atoms with van der Waals surface area (Å²) in [4.78, 5) is 0. The largest absolute Gasteiger partial charge is 0.344 e. The summed E-state index contributed by atoms with van der Waals surface area (Å²) in [6, 6.07) is 0. The van der Waals surface area contributed by atoms with Crippen molar-refractivity contribution < 1.29 is 26.4 Å². The predicted octanol–water partition coefficient (Wildman–Crippen LogP) is 3.10. The molecule has 2 nitrogen and oxygen atoms in total. The third-order valence-electron chi connectivity index (χ3n) is 1.25. The standard InChI is InChI=1S/C5H10.C3H7.2CO.Fe/c1-2-4-5-3-1;1-3-2;2*1-2;/h1-5H2;1,3H2,2H3;;;/q;-1;;;. The van der Waals surface area contributed by atoms with Gasteiger partial charge in [0.05, 0.1) is 0 Å². The molecule has 0 heterocycles. The van der Waals surface area contributed by atoms with Crippen molar-refractivity contribution in [2.75, 3.05) is 0 Å². The molecule has 1 aliphatic rings. The fraction of sp³-hybridized carbons (Fsp3) is 0.700. The third kappa shape index (κ3) is 48.0. The van der Waals surface area contributed by atoms with Crippen LogP contribution in [0, 0.1) is 20.2 Å². The van der Waals surface area contributed by atoms with Crippen LogP contribution in [0.15, 0.2) is 0 Å². The molecule has 1 fully saturated rings. The summed E-state index contributed by atoms with van der Waals surface area (Å²) in [6.45, 7) is 14.5. The van der Waals surface area contributed by atoms with E-state index < -0.39 is 0 Å². The summed E-state index contributed by atoms with van der Waals surface area (Å²) < 4.78 is 15.0. The molecule has 0 atom stereocenters. The van der Waals surface area contributed by atoms with E-state index >= 15 is 0 Å². The second-order valence-electron chi connectivity index (χ2n) is 2.27. The summed E-state index contributed by atoms with van der Waals surface area (Å²) in [5.41, 5.74) is 0. The van der Waals surface area contributed by atoms with Gasteiger partial charge < -0.3 is 6.92 Å². The van der Waals surface area contributed by atoms with Crippen LogP contribution in [0.2, 0.25) is 0 Å². The van der Waals surface area contributed by atoms with E-state index in [2.05, 4.69) is 20.2 Å². The van der Waals surface area contributed by atoms with Crippen molar-refractivity contribution in [1.82, 2.24) is 0 Å². The minimum atomic E-state index is 0. The van der Waals surface area contributed by atoms with Gasteiger partial charge >= 0.3 is 22.6 Å². The van der Waals surface area contributed by atoms with Crippen LogP contribution in [0.25, 0.3) is 0 Å². The number of hydrogen-bond acceptors (Lipinski definition) is 0. The maximum atomic E-state index is 7.50. The average molecular weight is 225 g/mol. The van der Waals surface area contributed by atoms with Crippen LogP contribution < -0.4 is 0 Å². The summed E-state index contributed by atoms with van der Waals surface area (Å²) in [5.74, 6) is 0. The van der Waals surface area contributed by atoms with Crippen LogP contribution in [0.1, 0.15) is 45.4 Å². The third-order valence-corrected chi connectivity index (χ3v) is 1.25. The maximum absolute atomic E-state index is 7.50. The molecule has 0 spiro atoms. The number of rotatable bonds is 0. The molecule has 0 aromatic rings. The zero-order valence-corrected chi connectivity index (χ0v) is 9.22. The Hall–Kier alpha value is -0.000519. The van der Waals surface area contributed by atoms with E-state index in [1.807, 2.05) is 6.92 Å². The Morgan fingerprint density at radius 1 is 0.923 bits per heavy atom. The molecule has 13 heavy (non-hydrogen) atoms. The molecular formula is C10H17FeO2-. The molecule has 0 aromatic heterocycles. The van der Waals surface area contributed by atoms with E-state index in [-0.39, 0.29) is 17.1 Å². The van der Waals surface area contributed by atoms with E-state index in [1.54, 1.807) is 0 Å². The van der Waals surface area contributed by atoms with Gasteiger partial charge in [0.25, 0.3) is 0 Å². The zero-order chi connectivity index (χ0) is 10.2. The Labute approximate surface area is 92.4 Å². The number of hydrogen-bond donors (Lipinski definition) is 0. The van der Waals surface area contributed by atoms with Crippen LogP contribution in [0.3, 0.4) is 0 Å². The van der Waals surface area contributed by atoms with Crippen LogP contribution in [0.4, 0.5) is 0 Å². The van der Waals surface area contributed by atoms with Gasteiger partial charge in [-0.3, -0.25) is 0 Å². The molecule has 1 rings (SSSR count). The molecule has 0 amide bonds. The monoisotopic (exact) mass is 225 g/mol. The van der Waals surface area contributed by atoms with Crippen LogP contribution in [-0.2, 0) is 26.4 Å². The van der Waals surface area contributed by atoms with E-state index in [0.717, 1.165) is 6.42 Å². The van der Waals surface area contributed by atoms with E-state index in [0.29, 0.717) is 0 Å². The molecule has 0 aromatic carbocycles. The van der Waals surface area contributed by atoms with Gasteiger partial charge in [-0.15, -0.1) is 0 Å². The Morgan fingerprint density at radius 2 is 1.00 bits per heavy atom. The van der Waals surface area contributed by atoms with Crippen molar-refractivity contribution in [3.63, 3.8) is 0 Å². The first kappa shape index (κ1) is 23.1. The molecule has 1 saturated carbocycles. The van der Waals surface area contributed by atoms with Crippen molar-refractivity contribution in [2.45, 2.75) is 45.4 Å². The van der Waals surface area contributed by atoms with Crippen LogP contribution in [0.5, 0.6) is 0 Å². The van der Waals surface area contributed by atoms with Gasteiger partial charge in [-0.05, 0) is 0 Å². The average Bonchev–Trinajstić information content (AvgIpc) is 2.69. The van der Waals surface area contributed by atoms with Gasteiger partial charge in [0.2, 0.25) is 0 Å². The molecule has 0 unspecified atom stereocenters. The van der Waals surface area contributed by atoms with E-state index in [4.69, 9.17) is 9.30 Å².